The first-order valence-corrected chi connectivity index (χ1v) is 9.26. The van der Waals surface area contributed by atoms with Crippen molar-refractivity contribution in [1.29, 1.82) is 0 Å². The van der Waals surface area contributed by atoms with Crippen molar-refractivity contribution in [3.05, 3.63) is 0 Å². The molecule has 0 aromatic carbocycles. The Bertz CT molecular complexity index is 504. The predicted molar refractivity (Wildman–Crippen MR) is 86.7 cm³/mol. The van der Waals surface area contributed by atoms with Crippen molar-refractivity contribution in [3.63, 3.8) is 0 Å². The summed E-state index contributed by atoms with van der Waals surface area (Å²) in [5, 5.41) is 2.79. The fraction of sp³-hybridized carbons (Fsp3) is 0.882. The number of hydrogen-bond donors (Lipinski definition) is 1. The van der Waals surface area contributed by atoms with E-state index in [9.17, 15) is 9.59 Å². The highest BCUT2D eigenvalue weighted by molar-refractivity contribution is 5.70. The molecule has 1 N–H and O–H groups in total. The van der Waals surface area contributed by atoms with E-state index >= 15 is 0 Å². The summed E-state index contributed by atoms with van der Waals surface area (Å²) in [6.07, 6.45) is 5.67. The number of likely N-dealkylation sites (tertiary alicyclic amines) is 1. The number of fused-ring (bicyclic) bond motifs is 2. The second kappa shape index (κ2) is 6.10. The van der Waals surface area contributed by atoms with E-state index in [1.807, 2.05) is 11.8 Å². The lowest BCUT2D eigenvalue weighted by atomic mass is 9.88. The number of piperidine rings is 2. The van der Waals surface area contributed by atoms with Crippen molar-refractivity contribution in [3.8, 4) is 0 Å². The van der Waals surface area contributed by atoms with E-state index in [0.717, 1.165) is 51.6 Å². The molecule has 0 aromatic rings. The lowest BCUT2D eigenvalue weighted by Crippen LogP contribution is -2.56. The third-order valence-corrected chi connectivity index (χ3v) is 6.28. The molecule has 7 heteroatoms. The highest BCUT2D eigenvalue weighted by Crippen LogP contribution is 2.40. The van der Waals surface area contributed by atoms with Crippen LogP contribution in [0.3, 0.4) is 0 Å². The minimum atomic E-state index is -0.280. The minimum absolute atomic E-state index is 0.134. The van der Waals surface area contributed by atoms with Gasteiger partial charge in [-0.05, 0) is 32.6 Å². The molecule has 1 spiro atoms. The molecular formula is C17H27N3O4. The summed E-state index contributed by atoms with van der Waals surface area (Å²) in [6, 6.07) is 1.19. The summed E-state index contributed by atoms with van der Waals surface area (Å²) >= 11 is 0. The van der Waals surface area contributed by atoms with Crippen LogP contribution in [0.25, 0.3) is 0 Å². The van der Waals surface area contributed by atoms with Gasteiger partial charge < -0.3 is 19.7 Å². The van der Waals surface area contributed by atoms with Gasteiger partial charge in [0.05, 0.1) is 13.2 Å². The Morgan fingerprint density at radius 3 is 2.46 bits per heavy atom. The number of nitrogens with one attached hydrogen (secondary N) is 1. The van der Waals surface area contributed by atoms with Gasteiger partial charge in [-0.15, -0.1) is 0 Å². The Kier molecular flexibility index (Phi) is 4.06. The zero-order chi connectivity index (χ0) is 16.7. The molecule has 4 heterocycles. The maximum absolute atomic E-state index is 12.2. The maximum Gasteiger partial charge on any atom is 0.410 e. The number of hydrogen-bond acceptors (Lipinski definition) is 5. The Labute approximate surface area is 142 Å². The molecule has 0 aromatic heterocycles. The fourth-order valence-corrected chi connectivity index (χ4v) is 5.02. The SMILES string of the molecule is CCOC(=O)N1C2CCC1CC(N1CCC3(CC1)CNC(=O)O3)C2. The number of alkyl carbamates (subject to hydrolysis) is 1. The molecule has 2 unspecified atom stereocenters. The number of rotatable bonds is 2. The molecule has 0 aliphatic carbocycles. The van der Waals surface area contributed by atoms with Crippen molar-refractivity contribution in [1.82, 2.24) is 15.1 Å². The lowest BCUT2D eigenvalue weighted by molar-refractivity contribution is -0.0247. The molecule has 2 bridgehead atoms. The first-order valence-electron chi connectivity index (χ1n) is 9.26. The van der Waals surface area contributed by atoms with E-state index in [1.165, 1.54) is 0 Å². The largest absolute Gasteiger partial charge is 0.450 e. The Morgan fingerprint density at radius 1 is 1.25 bits per heavy atom. The van der Waals surface area contributed by atoms with Crippen LogP contribution in [-0.4, -0.2) is 72.0 Å². The van der Waals surface area contributed by atoms with Crippen LogP contribution in [0, 0.1) is 0 Å². The summed E-state index contributed by atoms with van der Waals surface area (Å²) in [5.74, 6) is 0. The zero-order valence-corrected chi connectivity index (χ0v) is 14.3. The van der Waals surface area contributed by atoms with Crippen molar-refractivity contribution in [2.75, 3.05) is 26.2 Å². The third-order valence-electron chi connectivity index (χ3n) is 6.28. The molecule has 2 amide bonds. The van der Waals surface area contributed by atoms with E-state index in [-0.39, 0.29) is 17.8 Å². The molecule has 134 valence electrons. The topological polar surface area (TPSA) is 71.1 Å². The summed E-state index contributed by atoms with van der Waals surface area (Å²) in [6.45, 7) is 4.89. The van der Waals surface area contributed by atoms with Crippen LogP contribution in [0.1, 0.15) is 45.4 Å². The van der Waals surface area contributed by atoms with E-state index in [2.05, 4.69) is 10.2 Å². The van der Waals surface area contributed by atoms with Crippen LogP contribution in [-0.2, 0) is 9.47 Å². The Hall–Kier alpha value is -1.50. The standard InChI is InChI=1S/C17H27N3O4/c1-2-23-16(22)20-12-3-4-13(20)10-14(9-12)19-7-5-17(6-8-19)11-18-15(21)24-17/h12-14H,2-11H2,1H3,(H,18,21). The second-order valence-electron chi connectivity index (χ2n) is 7.58. The van der Waals surface area contributed by atoms with Gasteiger partial charge in [0, 0.05) is 44.1 Å². The van der Waals surface area contributed by atoms with Gasteiger partial charge in [0.15, 0.2) is 0 Å². The zero-order valence-electron chi connectivity index (χ0n) is 14.3. The second-order valence-corrected chi connectivity index (χ2v) is 7.58. The van der Waals surface area contributed by atoms with Crippen LogP contribution < -0.4 is 5.32 Å². The van der Waals surface area contributed by atoms with Gasteiger partial charge in [0.1, 0.15) is 5.60 Å². The molecule has 0 saturated carbocycles. The predicted octanol–water partition coefficient (Wildman–Crippen LogP) is 1.71. The molecule has 7 nitrogen and oxygen atoms in total. The number of carbonyl (C=O) groups excluding carboxylic acids is 2. The van der Waals surface area contributed by atoms with Crippen LogP contribution in [0.4, 0.5) is 9.59 Å². The van der Waals surface area contributed by atoms with Gasteiger partial charge in [-0.2, -0.15) is 0 Å². The molecule has 4 aliphatic heterocycles. The first-order chi connectivity index (χ1) is 11.6. The van der Waals surface area contributed by atoms with Crippen LogP contribution >= 0.6 is 0 Å². The van der Waals surface area contributed by atoms with Gasteiger partial charge in [0.25, 0.3) is 0 Å². The molecule has 4 rings (SSSR count). The first kappa shape index (κ1) is 16.0. The lowest BCUT2D eigenvalue weighted by Gasteiger charge is -2.46. The van der Waals surface area contributed by atoms with E-state index in [1.54, 1.807) is 0 Å². The summed E-state index contributed by atoms with van der Waals surface area (Å²) in [4.78, 5) is 28.1. The monoisotopic (exact) mass is 337 g/mol. The van der Waals surface area contributed by atoms with E-state index < -0.39 is 0 Å². The molecule has 4 aliphatic rings. The maximum atomic E-state index is 12.2. The Balaban J connectivity index is 1.35. The average Bonchev–Trinajstić information content (AvgIpc) is 3.05. The molecule has 4 saturated heterocycles. The summed E-state index contributed by atoms with van der Waals surface area (Å²) in [7, 11) is 0. The van der Waals surface area contributed by atoms with E-state index in [0.29, 0.717) is 31.3 Å². The van der Waals surface area contributed by atoms with Crippen LogP contribution in [0.2, 0.25) is 0 Å². The third kappa shape index (κ3) is 2.72. The quantitative estimate of drug-likeness (QED) is 0.831. The number of carbonyl (C=O) groups is 2. The van der Waals surface area contributed by atoms with E-state index in [4.69, 9.17) is 9.47 Å². The molecular weight excluding hydrogens is 310 g/mol. The molecule has 2 atom stereocenters. The normalized spacial score (nSPS) is 35.0. The highest BCUT2D eigenvalue weighted by Gasteiger charge is 2.48. The van der Waals surface area contributed by atoms with Crippen molar-refractivity contribution in [2.24, 2.45) is 0 Å². The Morgan fingerprint density at radius 2 is 1.92 bits per heavy atom. The van der Waals surface area contributed by atoms with Crippen molar-refractivity contribution < 1.29 is 19.1 Å². The fourth-order valence-electron chi connectivity index (χ4n) is 5.02. The molecule has 24 heavy (non-hydrogen) atoms. The van der Waals surface area contributed by atoms with Crippen LogP contribution in [0.5, 0.6) is 0 Å². The summed E-state index contributed by atoms with van der Waals surface area (Å²) in [5.41, 5.74) is -0.280. The number of ether oxygens (including phenoxy) is 2. The number of amides is 2. The summed E-state index contributed by atoms with van der Waals surface area (Å²) < 4.78 is 10.7. The van der Waals surface area contributed by atoms with Crippen LogP contribution in [0.15, 0.2) is 0 Å². The smallest absolute Gasteiger partial charge is 0.410 e. The average molecular weight is 337 g/mol. The van der Waals surface area contributed by atoms with Gasteiger partial charge in [-0.25, -0.2) is 9.59 Å². The van der Waals surface area contributed by atoms with Gasteiger partial charge in [-0.1, -0.05) is 0 Å². The minimum Gasteiger partial charge on any atom is -0.450 e. The van der Waals surface area contributed by atoms with Gasteiger partial charge in [0.2, 0.25) is 0 Å². The molecule has 0 radical (unpaired) electrons. The highest BCUT2D eigenvalue weighted by atomic mass is 16.6. The van der Waals surface area contributed by atoms with Gasteiger partial charge >= 0.3 is 12.2 Å². The number of nitrogens with zero attached hydrogens (tertiary/aromatic N) is 2. The van der Waals surface area contributed by atoms with Crippen molar-refractivity contribution in [2.45, 2.75) is 69.2 Å². The molecule has 4 fully saturated rings. The van der Waals surface area contributed by atoms with Crippen molar-refractivity contribution >= 4 is 12.2 Å². The van der Waals surface area contributed by atoms with Gasteiger partial charge in [-0.3, -0.25) is 4.90 Å².